The largest absolute Gasteiger partial charge is 0.454 e. The van der Waals surface area contributed by atoms with Crippen molar-refractivity contribution in [2.75, 3.05) is 0 Å². The molecule has 17 aromatic rings. The Morgan fingerprint density at radius 3 is 0.861 bits per heavy atom. The molecule has 0 bridgehead atoms. The van der Waals surface area contributed by atoms with E-state index in [4.69, 9.17) is 8.83 Å². The molecular formula is C66H38N4O2. The lowest BCUT2D eigenvalue weighted by Gasteiger charge is -2.13. The monoisotopic (exact) mass is 918 g/mol. The van der Waals surface area contributed by atoms with E-state index in [1.54, 1.807) is 0 Å². The van der Waals surface area contributed by atoms with Crippen molar-refractivity contribution in [3.8, 4) is 22.7 Å². The van der Waals surface area contributed by atoms with Gasteiger partial charge in [-0.15, -0.1) is 0 Å². The Morgan fingerprint density at radius 1 is 0.208 bits per heavy atom. The molecule has 6 heteroatoms. The van der Waals surface area contributed by atoms with Gasteiger partial charge in [-0.2, -0.15) is 0 Å². The highest BCUT2D eigenvalue weighted by Crippen LogP contribution is 2.52. The Hall–Kier alpha value is -9.78. The number of hydrogen-bond acceptors (Lipinski definition) is 2. The molecular weight excluding hydrogens is 881 g/mol. The molecule has 0 aliphatic heterocycles. The maximum atomic E-state index is 7.05. The Labute approximate surface area is 409 Å². The molecule has 334 valence electrons. The Balaban J connectivity index is 1.01. The first-order valence-corrected chi connectivity index (χ1v) is 24.6. The zero-order valence-electron chi connectivity index (χ0n) is 38.5. The topological polar surface area (TPSA) is 46.0 Å². The molecule has 0 N–H and O–H groups in total. The molecule has 17 rings (SSSR count). The summed E-state index contributed by atoms with van der Waals surface area (Å²) in [5.41, 5.74) is 16.8. The first kappa shape index (κ1) is 38.1. The highest BCUT2D eigenvalue weighted by Gasteiger charge is 2.30. The van der Waals surface area contributed by atoms with Crippen LogP contribution in [0.25, 0.3) is 154 Å². The lowest BCUT2D eigenvalue weighted by molar-refractivity contribution is 0.671. The number of aromatic nitrogens is 4. The van der Waals surface area contributed by atoms with E-state index >= 15 is 0 Å². The first-order valence-electron chi connectivity index (χ1n) is 24.6. The number of rotatable bonds is 4. The van der Waals surface area contributed by atoms with Gasteiger partial charge < -0.3 is 27.1 Å². The highest BCUT2D eigenvalue weighted by molar-refractivity contribution is 6.41. The minimum absolute atomic E-state index is 0.875. The molecule has 11 aromatic carbocycles. The van der Waals surface area contributed by atoms with Crippen LogP contribution in [-0.4, -0.2) is 18.3 Å². The average Bonchev–Trinajstić information content (AvgIpc) is 4.29. The molecule has 0 amide bonds. The third kappa shape index (κ3) is 4.78. The van der Waals surface area contributed by atoms with Crippen molar-refractivity contribution in [3.05, 3.63) is 231 Å². The molecule has 6 heterocycles. The molecule has 0 aliphatic carbocycles. The van der Waals surface area contributed by atoms with Gasteiger partial charge in [0.25, 0.3) is 0 Å². The van der Waals surface area contributed by atoms with Gasteiger partial charge in [0.05, 0.1) is 44.1 Å². The smallest absolute Gasteiger partial charge is 0.160 e. The highest BCUT2D eigenvalue weighted by atomic mass is 16.3. The molecule has 0 radical (unpaired) electrons. The van der Waals surface area contributed by atoms with Gasteiger partial charge in [-0.05, 0) is 84.9 Å². The fourth-order valence-electron chi connectivity index (χ4n) is 12.7. The number of benzene rings is 11. The van der Waals surface area contributed by atoms with Gasteiger partial charge in [-0.25, -0.2) is 0 Å². The Kier molecular flexibility index (Phi) is 7.38. The molecule has 6 nitrogen and oxygen atoms in total. The van der Waals surface area contributed by atoms with Crippen molar-refractivity contribution < 1.29 is 8.83 Å². The van der Waals surface area contributed by atoms with Crippen LogP contribution in [-0.2, 0) is 0 Å². The molecule has 0 spiro atoms. The van der Waals surface area contributed by atoms with E-state index in [9.17, 15) is 0 Å². The summed E-state index contributed by atoms with van der Waals surface area (Å²) < 4.78 is 23.9. The fourth-order valence-corrected chi connectivity index (χ4v) is 12.7. The number of para-hydroxylation sites is 8. The second kappa shape index (κ2) is 13.9. The lowest BCUT2D eigenvalue weighted by Crippen LogP contribution is -1.98. The predicted octanol–water partition coefficient (Wildman–Crippen LogP) is 17.9. The molecule has 72 heavy (non-hydrogen) atoms. The van der Waals surface area contributed by atoms with Crippen molar-refractivity contribution in [1.82, 2.24) is 18.3 Å². The SMILES string of the molecule is c1ccc(-n2c3ccccc3c3c2c2oc4ccccc4c2c2c4ccccc4n(-c4ccc(-n5c6ccccc6c6c7c8ccccc8oc7c7c(c8ccccc8n7-c7ccccc7)c65)cc4)c23)cc1. The molecule has 0 unspecified atom stereocenters. The first-order chi connectivity index (χ1) is 35.8. The van der Waals surface area contributed by atoms with E-state index in [-0.39, 0.29) is 0 Å². The summed E-state index contributed by atoms with van der Waals surface area (Å²) in [7, 11) is 0. The second-order valence-electron chi connectivity index (χ2n) is 19.1. The van der Waals surface area contributed by atoms with E-state index in [1.165, 1.54) is 32.3 Å². The average molecular weight is 919 g/mol. The predicted molar refractivity (Wildman–Crippen MR) is 298 cm³/mol. The van der Waals surface area contributed by atoms with Crippen LogP contribution >= 0.6 is 0 Å². The van der Waals surface area contributed by atoms with Gasteiger partial charge in [-0.3, -0.25) is 0 Å². The van der Waals surface area contributed by atoms with Gasteiger partial charge in [0.2, 0.25) is 0 Å². The minimum atomic E-state index is 0.875. The van der Waals surface area contributed by atoms with Crippen molar-refractivity contribution in [2.24, 2.45) is 0 Å². The van der Waals surface area contributed by atoms with Crippen LogP contribution in [0.2, 0.25) is 0 Å². The van der Waals surface area contributed by atoms with Crippen molar-refractivity contribution >= 4 is 131 Å². The van der Waals surface area contributed by atoms with E-state index in [0.717, 1.165) is 122 Å². The third-order valence-electron chi connectivity index (χ3n) is 15.5. The summed E-state index contributed by atoms with van der Waals surface area (Å²) in [5, 5.41) is 13.9. The van der Waals surface area contributed by atoms with Crippen molar-refractivity contribution in [3.63, 3.8) is 0 Å². The number of furan rings is 2. The van der Waals surface area contributed by atoms with Gasteiger partial charge in [0.15, 0.2) is 11.2 Å². The molecule has 0 aliphatic rings. The normalized spacial score (nSPS) is 12.4. The van der Waals surface area contributed by atoms with Gasteiger partial charge in [0.1, 0.15) is 11.2 Å². The van der Waals surface area contributed by atoms with E-state index in [2.05, 4.69) is 249 Å². The standard InChI is InChI=1S/C66H38N4O2/c1-3-19-39(20-4-1)69-51-31-15-9-25-45(51)59-61-55(57-47-27-11-17-33-53(47)71-65(57)63(59)69)43-23-7-13-29-49(43)67(61)41-35-37-42(38-36-41)68-50-30-14-8-24-44(50)56-58-48-28-12-18-34-54(48)72-66(58)64-60(62(56)68)46-26-10-16-32-52(46)70(64)40-21-5-2-6-22-40/h1-38H. The zero-order valence-corrected chi connectivity index (χ0v) is 38.5. The summed E-state index contributed by atoms with van der Waals surface area (Å²) >= 11 is 0. The number of nitrogens with zero attached hydrogens (tertiary/aromatic N) is 4. The quantitative estimate of drug-likeness (QED) is 0.177. The Bertz CT molecular complexity index is 4810. The number of fused-ring (bicyclic) bond motifs is 24. The summed E-state index contributed by atoms with van der Waals surface area (Å²) in [6, 6.07) is 83.1. The van der Waals surface area contributed by atoms with Crippen LogP contribution in [0.1, 0.15) is 0 Å². The molecule has 6 aromatic heterocycles. The number of hydrogen-bond donors (Lipinski definition) is 0. The van der Waals surface area contributed by atoms with Crippen molar-refractivity contribution in [1.29, 1.82) is 0 Å². The second-order valence-corrected chi connectivity index (χ2v) is 19.1. The van der Waals surface area contributed by atoms with Crippen LogP contribution in [0, 0.1) is 0 Å². The van der Waals surface area contributed by atoms with E-state index < -0.39 is 0 Å². The Morgan fingerprint density at radius 2 is 0.486 bits per heavy atom. The minimum Gasteiger partial charge on any atom is -0.454 e. The fraction of sp³-hybridized carbons (Fsp3) is 0. The molecule has 0 atom stereocenters. The summed E-state index contributed by atoms with van der Waals surface area (Å²) in [6.07, 6.45) is 0. The van der Waals surface area contributed by atoms with Crippen LogP contribution in [0.5, 0.6) is 0 Å². The van der Waals surface area contributed by atoms with Crippen LogP contribution in [0.3, 0.4) is 0 Å². The zero-order chi connectivity index (χ0) is 46.8. The van der Waals surface area contributed by atoms with Crippen LogP contribution in [0.4, 0.5) is 0 Å². The summed E-state index contributed by atoms with van der Waals surface area (Å²) in [4.78, 5) is 0. The van der Waals surface area contributed by atoms with Crippen molar-refractivity contribution in [2.45, 2.75) is 0 Å². The van der Waals surface area contributed by atoms with Crippen LogP contribution in [0.15, 0.2) is 239 Å². The maximum Gasteiger partial charge on any atom is 0.160 e. The lowest BCUT2D eigenvalue weighted by atomic mass is 10.0. The van der Waals surface area contributed by atoms with E-state index in [0.29, 0.717) is 0 Å². The molecule has 0 saturated carbocycles. The summed E-state index contributed by atoms with van der Waals surface area (Å²) in [6.45, 7) is 0. The van der Waals surface area contributed by atoms with Gasteiger partial charge in [0, 0.05) is 87.4 Å². The molecule has 0 saturated heterocycles. The molecule has 0 fully saturated rings. The van der Waals surface area contributed by atoms with Gasteiger partial charge in [-0.1, -0.05) is 146 Å². The summed E-state index contributed by atoms with van der Waals surface area (Å²) in [5.74, 6) is 0. The van der Waals surface area contributed by atoms with Crippen LogP contribution < -0.4 is 0 Å². The maximum absolute atomic E-state index is 7.05. The van der Waals surface area contributed by atoms with Gasteiger partial charge >= 0.3 is 0 Å². The van der Waals surface area contributed by atoms with E-state index in [1.807, 2.05) is 0 Å². The third-order valence-corrected chi connectivity index (χ3v) is 15.5.